The van der Waals surface area contributed by atoms with Crippen LogP contribution in [-0.2, 0) is 19.5 Å². The summed E-state index contributed by atoms with van der Waals surface area (Å²) in [5.74, 6) is -0.332. The second-order valence-electron chi connectivity index (χ2n) is 21.7. The summed E-state index contributed by atoms with van der Waals surface area (Å²) in [5, 5.41) is 16.7. The maximum absolute atomic E-state index is 14.9. The number of anilines is 5. The van der Waals surface area contributed by atoms with Crippen molar-refractivity contribution in [1.82, 2.24) is 24.6 Å². The van der Waals surface area contributed by atoms with Crippen LogP contribution in [0.2, 0.25) is 0 Å². The van der Waals surface area contributed by atoms with Crippen LogP contribution in [0.1, 0.15) is 72.5 Å². The molecule has 1 spiro atoms. The van der Waals surface area contributed by atoms with Crippen molar-refractivity contribution < 1.29 is 37.1 Å². The second kappa shape index (κ2) is 19.5. The molecule has 0 unspecified atom stereocenters. The Morgan fingerprint density at radius 1 is 0.882 bits per heavy atom. The average molecular weight is 1050 g/mol. The van der Waals surface area contributed by atoms with Crippen molar-refractivity contribution in [3.05, 3.63) is 124 Å². The van der Waals surface area contributed by atoms with Gasteiger partial charge in [-0.3, -0.25) is 24.8 Å². The van der Waals surface area contributed by atoms with E-state index in [0.717, 1.165) is 94.1 Å². The zero-order valence-electron chi connectivity index (χ0n) is 42.4. The number of H-pyrrole nitrogens is 1. The number of sulfonamides is 1. The molecule has 20 heteroatoms. The lowest BCUT2D eigenvalue weighted by Crippen LogP contribution is -2.60. The van der Waals surface area contributed by atoms with Crippen molar-refractivity contribution >= 4 is 61.1 Å². The molecule has 7 aliphatic rings. The van der Waals surface area contributed by atoms with E-state index in [0.29, 0.717) is 61.8 Å². The molecule has 396 valence electrons. The minimum atomic E-state index is -4.70. The number of fused-ring (bicyclic) bond motifs is 4. The minimum absolute atomic E-state index is 0.0289. The lowest BCUT2D eigenvalue weighted by molar-refractivity contribution is -0.384. The Labute approximate surface area is 441 Å². The molecular weight excluding hydrogens is 989 g/mol. The molecule has 3 aromatic carbocycles. The van der Waals surface area contributed by atoms with Crippen LogP contribution in [-0.4, -0.2) is 129 Å². The first-order valence-electron chi connectivity index (χ1n) is 26.7. The molecule has 4 atom stereocenters. The van der Waals surface area contributed by atoms with Gasteiger partial charge in [0.25, 0.3) is 21.6 Å². The van der Waals surface area contributed by atoms with Crippen molar-refractivity contribution in [3.63, 3.8) is 0 Å². The van der Waals surface area contributed by atoms with Gasteiger partial charge in [0.05, 0.1) is 57.7 Å². The fraction of sp³-hybridized carbons (Fsp3) is 0.446. The molecule has 19 nitrogen and oxygen atoms in total. The maximum atomic E-state index is 14.9. The van der Waals surface area contributed by atoms with Crippen LogP contribution in [0.15, 0.2) is 102 Å². The average Bonchev–Trinajstić information content (AvgIpc) is 3.97. The van der Waals surface area contributed by atoms with Crippen LogP contribution in [0.25, 0.3) is 11.0 Å². The maximum Gasteiger partial charge on any atom is 0.297 e. The number of hydrogen-bond donors (Lipinski definition) is 3. The summed E-state index contributed by atoms with van der Waals surface area (Å²) < 4.78 is 55.2. The molecule has 1 aliphatic carbocycles. The highest BCUT2D eigenvalue weighted by molar-refractivity contribution is 7.90. The number of nitro benzene ring substituents is 1. The monoisotopic (exact) mass is 1050 g/mol. The van der Waals surface area contributed by atoms with Gasteiger partial charge in [0, 0.05) is 94.2 Å². The molecule has 9 heterocycles. The SMILES string of the molecule is Cc1ccccc1[C@@H]1CN(c2cccnc2)CCN1C1CC2(CCN(c3ccc(C(=O)NS(=O)(=O)c4cc5c(c([N+](=O)[O-])c4)N[C@H](C4CCOCC4)CO5)c(N4c5cc6cc[nH]c6nc5O[C@H]5COCC[C@@H]54)c3)CC2)C1. The number of ether oxygens (including phenoxy) is 4. The number of nitrogens with one attached hydrogen (secondary N) is 3. The van der Waals surface area contributed by atoms with Crippen LogP contribution < -0.4 is 34.2 Å². The number of amides is 1. The smallest absolute Gasteiger partial charge is 0.297 e. The minimum Gasteiger partial charge on any atom is -0.489 e. The van der Waals surface area contributed by atoms with Gasteiger partial charge in [-0.25, -0.2) is 13.1 Å². The molecule has 6 aromatic rings. The molecule has 1 amide bonds. The van der Waals surface area contributed by atoms with Crippen molar-refractivity contribution in [2.24, 2.45) is 11.3 Å². The summed E-state index contributed by atoms with van der Waals surface area (Å²) in [6.45, 7) is 8.81. The third-order valence-electron chi connectivity index (χ3n) is 17.4. The molecule has 0 radical (unpaired) electrons. The molecule has 3 N–H and O–H groups in total. The lowest BCUT2D eigenvalue weighted by atomic mass is 9.59. The van der Waals surface area contributed by atoms with Gasteiger partial charge in [0.2, 0.25) is 5.88 Å². The third kappa shape index (κ3) is 8.91. The van der Waals surface area contributed by atoms with Gasteiger partial charge in [-0.1, -0.05) is 24.3 Å². The predicted molar refractivity (Wildman–Crippen MR) is 286 cm³/mol. The van der Waals surface area contributed by atoms with Crippen LogP contribution in [0.4, 0.5) is 34.1 Å². The first-order chi connectivity index (χ1) is 37.0. The quantitative estimate of drug-likeness (QED) is 0.0880. The standard InChI is InChI=1S/C56H62N10O9S/c1-35-5-2-3-7-42(35)49-32-63(39-6-4-16-57-31-39)20-21-64(49)40-29-56(30-40)14-18-62(19-15-56)38-8-9-43(46(26-38)65-45-13-24-73-34-51(45)75-55-48(65)25-37-10-17-58-53(37)60-55)54(67)61-76(70,71)41-27-47(66(68)69)52-50(28-41)74-33-44(59-52)36-11-22-72-23-12-36/h2-10,16-17,25-28,31,36,40,44-45,49,51,59H,11-15,18-24,29-30,32-34H2,1H3,(H,58,60)(H,61,67)/t44-,45-,49-,51-/m0/s1. The van der Waals surface area contributed by atoms with Crippen molar-refractivity contribution in [2.45, 2.75) is 87.0 Å². The summed E-state index contributed by atoms with van der Waals surface area (Å²) in [6.07, 6.45) is 11.6. The van der Waals surface area contributed by atoms with E-state index in [9.17, 15) is 23.3 Å². The van der Waals surface area contributed by atoms with E-state index in [1.54, 1.807) is 6.07 Å². The number of piperidine rings is 1. The summed E-state index contributed by atoms with van der Waals surface area (Å²) in [6, 6.07) is 24.9. The normalized spacial score (nSPS) is 23.8. The van der Waals surface area contributed by atoms with Gasteiger partial charge in [-0.2, -0.15) is 4.98 Å². The summed E-state index contributed by atoms with van der Waals surface area (Å²) in [7, 11) is -4.70. The summed E-state index contributed by atoms with van der Waals surface area (Å²) >= 11 is 0. The number of hydrogen-bond acceptors (Lipinski definition) is 16. The molecule has 76 heavy (non-hydrogen) atoms. The zero-order chi connectivity index (χ0) is 51.7. The topological polar surface area (TPSA) is 210 Å². The van der Waals surface area contributed by atoms with Gasteiger partial charge in [-0.15, -0.1) is 0 Å². The molecule has 4 saturated heterocycles. The van der Waals surface area contributed by atoms with Gasteiger partial charge in [0.15, 0.2) is 11.4 Å². The van der Waals surface area contributed by atoms with E-state index in [2.05, 4.69) is 76.9 Å². The number of rotatable bonds is 10. The van der Waals surface area contributed by atoms with Crippen molar-refractivity contribution in [2.75, 3.05) is 85.8 Å². The van der Waals surface area contributed by atoms with Crippen LogP contribution in [0.5, 0.6) is 11.6 Å². The highest BCUT2D eigenvalue weighted by Gasteiger charge is 2.50. The van der Waals surface area contributed by atoms with E-state index >= 15 is 0 Å². The van der Waals surface area contributed by atoms with Gasteiger partial charge in [-0.05, 0) is 117 Å². The van der Waals surface area contributed by atoms with E-state index < -0.39 is 37.5 Å². The van der Waals surface area contributed by atoms with Gasteiger partial charge >= 0.3 is 0 Å². The number of nitro groups is 1. The Bertz CT molecular complexity index is 3300. The molecule has 13 rings (SSSR count). The van der Waals surface area contributed by atoms with E-state index in [1.807, 2.05) is 48.9 Å². The molecule has 3 aromatic heterocycles. The van der Waals surface area contributed by atoms with Gasteiger partial charge < -0.3 is 43.9 Å². The Morgan fingerprint density at radius 3 is 2.51 bits per heavy atom. The zero-order valence-corrected chi connectivity index (χ0v) is 43.3. The lowest BCUT2D eigenvalue weighted by Gasteiger charge is -2.58. The van der Waals surface area contributed by atoms with E-state index in [1.165, 1.54) is 17.2 Å². The van der Waals surface area contributed by atoms with E-state index in [-0.39, 0.29) is 53.1 Å². The number of carbonyl (C=O) groups is 1. The predicted octanol–water partition coefficient (Wildman–Crippen LogP) is 7.89. The summed E-state index contributed by atoms with van der Waals surface area (Å²) in [5.41, 5.74) is 6.51. The second-order valence-corrected chi connectivity index (χ2v) is 23.4. The van der Waals surface area contributed by atoms with Crippen molar-refractivity contribution in [1.29, 1.82) is 0 Å². The number of nitrogens with zero attached hydrogens (tertiary/aromatic N) is 7. The Balaban J connectivity index is 0.785. The van der Waals surface area contributed by atoms with Crippen LogP contribution in [0.3, 0.4) is 0 Å². The number of piperazine rings is 1. The molecule has 5 fully saturated rings. The number of pyridine rings is 2. The molecule has 1 saturated carbocycles. The number of aromatic nitrogens is 3. The highest BCUT2D eigenvalue weighted by atomic mass is 32.2. The highest BCUT2D eigenvalue weighted by Crippen LogP contribution is 2.54. The number of carbonyl (C=O) groups excluding carboxylic acids is 1. The number of aryl methyl sites for hydroxylation is 1. The number of aromatic amines is 1. The van der Waals surface area contributed by atoms with Crippen LogP contribution >= 0.6 is 0 Å². The Morgan fingerprint density at radius 2 is 1.71 bits per heavy atom. The summed E-state index contributed by atoms with van der Waals surface area (Å²) in [4.78, 5) is 48.5. The molecular formula is C56H62N10O9S. The van der Waals surface area contributed by atoms with Gasteiger partial charge in [0.1, 0.15) is 24.0 Å². The largest absolute Gasteiger partial charge is 0.489 e. The van der Waals surface area contributed by atoms with E-state index in [4.69, 9.17) is 23.9 Å². The number of benzene rings is 3. The third-order valence-corrected chi connectivity index (χ3v) is 18.7. The fourth-order valence-corrected chi connectivity index (χ4v) is 14.3. The first kappa shape index (κ1) is 48.6. The molecule has 6 aliphatic heterocycles. The molecule has 0 bridgehead atoms. The first-order valence-corrected chi connectivity index (χ1v) is 28.2. The fourth-order valence-electron chi connectivity index (χ4n) is 13.3. The van der Waals surface area contributed by atoms with Crippen molar-refractivity contribution in [3.8, 4) is 11.6 Å². The van der Waals surface area contributed by atoms with Crippen LogP contribution in [0, 0.1) is 28.4 Å². The Kier molecular flexibility index (Phi) is 12.5. The Hall–Kier alpha value is -7.00.